The summed E-state index contributed by atoms with van der Waals surface area (Å²) in [7, 11) is 0. The highest BCUT2D eigenvalue weighted by molar-refractivity contribution is 7.18. The molecule has 1 fully saturated rings. The van der Waals surface area contributed by atoms with Crippen LogP contribution in [0.3, 0.4) is 0 Å². The average molecular weight is 402 g/mol. The average Bonchev–Trinajstić information content (AvgIpc) is 3.07. The standard InChI is InChI=1S/C22H27NO4S/c1-13(2)23(21(25)16-10-9-14(3)11-18(16)24)17-12-19(28-20(17)22(26)27)15-7-5-4-6-8-15/h4-8,12-14,16,18,24H,9-11H2,1-3H3,(H,26,27)/t14-,16-,18-/m1/s1. The number of carboxylic acids is 1. The minimum atomic E-state index is -1.04. The first-order chi connectivity index (χ1) is 13.3. The Morgan fingerprint density at radius 3 is 2.43 bits per heavy atom. The summed E-state index contributed by atoms with van der Waals surface area (Å²) in [5, 5.41) is 20.2. The van der Waals surface area contributed by atoms with Gasteiger partial charge in [0.25, 0.3) is 0 Å². The summed E-state index contributed by atoms with van der Waals surface area (Å²) in [6.07, 6.45) is 1.44. The number of hydrogen-bond donors (Lipinski definition) is 2. The zero-order chi connectivity index (χ0) is 20.4. The second-order valence-electron chi connectivity index (χ2n) is 7.89. The molecule has 1 saturated carbocycles. The van der Waals surface area contributed by atoms with Crippen molar-refractivity contribution in [2.24, 2.45) is 11.8 Å². The number of anilines is 1. The number of hydrogen-bond acceptors (Lipinski definition) is 4. The normalized spacial score (nSPS) is 22.2. The molecule has 2 aromatic rings. The van der Waals surface area contributed by atoms with E-state index in [0.29, 0.717) is 24.4 Å². The van der Waals surface area contributed by atoms with Crippen LogP contribution in [0.1, 0.15) is 49.7 Å². The van der Waals surface area contributed by atoms with Gasteiger partial charge in [-0.2, -0.15) is 0 Å². The van der Waals surface area contributed by atoms with Crippen molar-refractivity contribution in [2.75, 3.05) is 4.90 Å². The lowest BCUT2D eigenvalue weighted by atomic mass is 9.80. The molecule has 2 N–H and O–H groups in total. The molecule has 1 heterocycles. The number of amides is 1. The first-order valence-corrected chi connectivity index (χ1v) is 10.5. The topological polar surface area (TPSA) is 77.8 Å². The Kier molecular flexibility index (Phi) is 6.20. The van der Waals surface area contributed by atoms with Crippen molar-refractivity contribution >= 4 is 28.9 Å². The van der Waals surface area contributed by atoms with Gasteiger partial charge in [0.15, 0.2) is 0 Å². The highest BCUT2D eigenvalue weighted by atomic mass is 32.1. The third kappa shape index (κ3) is 4.13. The Morgan fingerprint density at radius 2 is 1.86 bits per heavy atom. The third-order valence-corrected chi connectivity index (χ3v) is 6.54. The van der Waals surface area contributed by atoms with Gasteiger partial charge in [0.1, 0.15) is 4.88 Å². The summed E-state index contributed by atoms with van der Waals surface area (Å²) in [6.45, 7) is 5.83. The van der Waals surface area contributed by atoms with E-state index in [-0.39, 0.29) is 16.8 Å². The molecule has 0 radical (unpaired) electrons. The summed E-state index contributed by atoms with van der Waals surface area (Å²) in [5.41, 5.74) is 1.34. The van der Waals surface area contributed by atoms with Crippen LogP contribution in [-0.4, -0.2) is 34.2 Å². The molecule has 150 valence electrons. The van der Waals surface area contributed by atoms with Crippen molar-refractivity contribution < 1.29 is 19.8 Å². The van der Waals surface area contributed by atoms with E-state index in [2.05, 4.69) is 6.92 Å². The number of aliphatic hydroxyl groups is 1. The molecule has 1 amide bonds. The fourth-order valence-electron chi connectivity index (χ4n) is 3.93. The minimum Gasteiger partial charge on any atom is -0.477 e. The summed E-state index contributed by atoms with van der Waals surface area (Å²) in [5.74, 6) is -1.32. The summed E-state index contributed by atoms with van der Waals surface area (Å²) < 4.78 is 0. The number of nitrogens with zero attached hydrogens (tertiary/aromatic N) is 1. The van der Waals surface area contributed by atoms with E-state index >= 15 is 0 Å². The van der Waals surface area contributed by atoms with Gasteiger partial charge in [-0.25, -0.2) is 4.79 Å². The smallest absolute Gasteiger partial charge is 0.348 e. The van der Waals surface area contributed by atoms with Crippen LogP contribution < -0.4 is 4.90 Å². The maximum atomic E-state index is 13.4. The van der Waals surface area contributed by atoms with E-state index < -0.39 is 18.0 Å². The second kappa shape index (κ2) is 8.45. The van der Waals surface area contributed by atoms with Crippen LogP contribution in [0.2, 0.25) is 0 Å². The number of aliphatic hydroxyl groups excluding tert-OH is 1. The quantitative estimate of drug-likeness (QED) is 0.764. The maximum Gasteiger partial charge on any atom is 0.348 e. The van der Waals surface area contributed by atoms with E-state index in [0.717, 1.165) is 16.9 Å². The van der Waals surface area contributed by atoms with Gasteiger partial charge in [-0.15, -0.1) is 11.3 Å². The number of aromatic carboxylic acids is 1. The number of carbonyl (C=O) groups excluding carboxylic acids is 1. The SMILES string of the molecule is CC(C)N(C(=O)[C@@H]1CC[C@@H](C)C[C@H]1O)c1cc(-c2ccccc2)sc1C(=O)O. The van der Waals surface area contributed by atoms with E-state index in [9.17, 15) is 19.8 Å². The van der Waals surface area contributed by atoms with E-state index in [1.54, 1.807) is 11.0 Å². The van der Waals surface area contributed by atoms with Crippen molar-refractivity contribution in [1.82, 2.24) is 0 Å². The summed E-state index contributed by atoms with van der Waals surface area (Å²) in [6, 6.07) is 11.1. The maximum absolute atomic E-state index is 13.4. The lowest BCUT2D eigenvalue weighted by molar-refractivity contribution is -0.128. The van der Waals surface area contributed by atoms with Crippen molar-refractivity contribution in [1.29, 1.82) is 0 Å². The highest BCUT2D eigenvalue weighted by Gasteiger charge is 2.38. The molecule has 3 atom stereocenters. The molecular formula is C22H27NO4S. The zero-order valence-corrected chi connectivity index (χ0v) is 17.3. The third-order valence-electron chi connectivity index (χ3n) is 5.37. The van der Waals surface area contributed by atoms with E-state index in [1.165, 1.54) is 11.3 Å². The van der Waals surface area contributed by atoms with Crippen LogP contribution in [0.4, 0.5) is 5.69 Å². The van der Waals surface area contributed by atoms with Crippen molar-refractivity contribution in [2.45, 2.75) is 52.2 Å². The first kappa shape index (κ1) is 20.6. The fraction of sp³-hybridized carbons (Fsp3) is 0.455. The van der Waals surface area contributed by atoms with Crippen LogP contribution in [0, 0.1) is 11.8 Å². The molecule has 0 bridgehead atoms. The lowest BCUT2D eigenvalue weighted by Crippen LogP contribution is -2.46. The molecule has 0 spiro atoms. The van der Waals surface area contributed by atoms with Crippen LogP contribution >= 0.6 is 11.3 Å². The van der Waals surface area contributed by atoms with Gasteiger partial charge in [0.2, 0.25) is 5.91 Å². The lowest BCUT2D eigenvalue weighted by Gasteiger charge is -2.36. The van der Waals surface area contributed by atoms with E-state index in [1.807, 2.05) is 44.2 Å². The molecule has 6 heteroatoms. The molecule has 3 rings (SSSR count). The number of carboxylic acid groups (broad SMARTS) is 1. The molecule has 1 aromatic carbocycles. The van der Waals surface area contributed by atoms with Gasteiger partial charge in [0, 0.05) is 10.9 Å². The fourth-order valence-corrected chi connectivity index (χ4v) is 4.92. The Hall–Kier alpha value is -2.18. The first-order valence-electron chi connectivity index (χ1n) is 9.73. The predicted octanol–water partition coefficient (Wildman–Crippen LogP) is 4.65. The van der Waals surface area contributed by atoms with Crippen molar-refractivity contribution in [3.63, 3.8) is 0 Å². The molecule has 1 aliphatic rings. The molecule has 1 aliphatic carbocycles. The Bertz CT molecular complexity index is 845. The molecule has 0 aliphatic heterocycles. The molecule has 1 aromatic heterocycles. The summed E-state index contributed by atoms with van der Waals surface area (Å²) >= 11 is 1.18. The summed E-state index contributed by atoms with van der Waals surface area (Å²) in [4.78, 5) is 27.8. The number of carbonyl (C=O) groups is 2. The Balaban J connectivity index is 2.01. The molecular weight excluding hydrogens is 374 g/mol. The second-order valence-corrected chi connectivity index (χ2v) is 8.94. The largest absolute Gasteiger partial charge is 0.477 e. The van der Waals surface area contributed by atoms with Crippen LogP contribution in [-0.2, 0) is 4.79 Å². The van der Waals surface area contributed by atoms with Gasteiger partial charge in [0.05, 0.1) is 17.7 Å². The van der Waals surface area contributed by atoms with Crippen LogP contribution in [0.5, 0.6) is 0 Å². The van der Waals surface area contributed by atoms with Gasteiger partial charge in [-0.1, -0.05) is 37.3 Å². The van der Waals surface area contributed by atoms with Crippen LogP contribution in [0.25, 0.3) is 10.4 Å². The Labute approximate surface area is 169 Å². The van der Waals surface area contributed by atoms with Crippen molar-refractivity contribution in [3.05, 3.63) is 41.3 Å². The van der Waals surface area contributed by atoms with Crippen LogP contribution in [0.15, 0.2) is 36.4 Å². The predicted molar refractivity (Wildman–Crippen MR) is 112 cm³/mol. The van der Waals surface area contributed by atoms with Gasteiger partial charge < -0.3 is 15.1 Å². The zero-order valence-electron chi connectivity index (χ0n) is 16.5. The number of thiophene rings is 1. The van der Waals surface area contributed by atoms with Gasteiger partial charge >= 0.3 is 5.97 Å². The number of rotatable bonds is 5. The molecule has 5 nitrogen and oxygen atoms in total. The van der Waals surface area contributed by atoms with Gasteiger partial charge in [-0.05, 0) is 50.7 Å². The van der Waals surface area contributed by atoms with E-state index in [4.69, 9.17) is 0 Å². The molecule has 0 saturated heterocycles. The minimum absolute atomic E-state index is 0.152. The molecule has 28 heavy (non-hydrogen) atoms. The monoisotopic (exact) mass is 401 g/mol. The Morgan fingerprint density at radius 1 is 1.18 bits per heavy atom. The van der Waals surface area contributed by atoms with Gasteiger partial charge in [-0.3, -0.25) is 4.79 Å². The molecule has 0 unspecified atom stereocenters. The van der Waals surface area contributed by atoms with Crippen molar-refractivity contribution in [3.8, 4) is 10.4 Å². The highest BCUT2D eigenvalue weighted by Crippen LogP contribution is 2.39. The number of benzene rings is 1.